The van der Waals surface area contributed by atoms with Gasteiger partial charge in [0.1, 0.15) is 17.3 Å². The molecule has 0 bridgehead atoms. The lowest BCUT2D eigenvalue weighted by molar-refractivity contribution is 0.588. The average molecular weight is 221 g/mol. The highest BCUT2D eigenvalue weighted by atomic mass is 19.1. The van der Waals surface area contributed by atoms with Gasteiger partial charge < -0.3 is 5.32 Å². The van der Waals surface area contributed by atoms with Crippen LogP contribution < -0.4 is 5.32 Å². The summed E-state index contributed by atoms with van der Waals surface area (Å²) >= 11 is 0. The molecule has 2 rings (SSSR count). The Morgan fingerprint density at radius 2 is 1.69 bits per heavy atom. The maximum atomic E-state index is 13.5. The van der Waals surface area contributed by atoms with E-state index in [1.165, 1.54) is 30.6 Å². The zero-order valence-electron chi connectivity index (χ0n) is 8.54. The minimum Gasteiger partial charge on any atom is -0.371 e. The van der Waals surface area contributed by atoms with E-state index < -0.39 is 11.6 Å². The van der Waals surface area contributed by atoms with E-state index in [1.807, 2.05) is 0 Å². The van der Waals surface area contributed by atoms with E-state index in [0.29, 0.717) is 5.82 Å². The van der Waals surface area contributed by atoms with Crippen LogP contribution in [0.3, 0.4) is 0 Å². The van der Waals surface area contributed by atoms with Gasteiger partial charge in [-0.05, 0) is 12.1 Å². The summed E-state index contributed by atoms with van der Waals surface area (Å²) in [6.07, 6.45) is 2.84. The van der Waals surface area contributed by atoms with E-state index in [9.17, 15) is 8.78 Å². The number of benzene rings is 1. The van der Waals surface area contributed by atoms with Crippen molar-refractivity contribution < 1.29 is 8.78 Å². The molecule has 0 saturated carbocycles. The zero-order valence-corrected chi connectivity index (χ0v) is 8.54. The van der Waals surface area contributed by atoms with Crippen LogP contribution in [0, 0.1) is 11.6 Å². The Morgan fingerprint density at radius 3 is 2.31 bits per heavy atom. The van der Waals surface area contributed by atoms with Crippen molar-refractivity contribution in [2.24, 2.45) is 0 Å². The Bertz CT molecular complexity index is 494. The fraction of sp³-hybridized carbons (Fsp3) is 0.0909. The number of nitrogens with one attached hydrogen (secondary N) is 1. The summed E-state index contributed by atoms with van der Waals surface area (Å²) in [5.74, 6) is -0.972. The Kier molecular flexibility index (Phi) is 2.76. The Balaban J connectivity index is 2.67. The number of hydrogen-bond acceptors (Lipinski definition) is 3. The average Bonchev–Trinajstić information content (AvgIpc) is 2.29. The van der Waals surface area contributed by atoms with E-state index in [2.05, 4.69) is 15.3 Å². The molecular formula is C11H9F2N3. The molecule has 0 fully saturated rings. The molecule has 3 nitrogen and oxygen atoms in total. The van der Waals surface area contributed by atoms with Crippen LogP contribution in [0.2, 0.25) is 0 Å². The molecule has 2 aromatic rings. The van der Waals surface area contributed by atoms with Crippen LogP contribution >= 0.6 is 0 Å². The summed E-state index contributed by atoms with van der Waals surface area (Å²) in [7, 11) is 1.62. The molecular weight excluding hydrogens is 212 g/mol. The molecule has 0 aliphatic carbocycles. The molecule has 0 unspecified atom stereocenters. The standard InChI is InChI=1S/C11H9F2N3/c1-14-11-10(15-5-6-16-11)9-7(12)3-2-4-8(9)13/h2-6H,1H3,(H,14,16). The quantitative estimate of drug-likeness (QED) is 0.846. The number of halogens is 2. The zero-order chi connectivity index (χ0) is 11.5. The van der Waals surface area contributed by atoms with Gasteiger partial charge in [0.15, 0.2) is 5.82 Å². The lowest BCUT2D eigenvalue weighted by Crippen LogP contribution is -2.00. The second kappa shape index (κ2) is 4.22. The second-order valence-corrected chi connectivity index (χ2v) is 3.10. The van der Waals surface area contributed by atoms with Gasteiger partial charge in [-0.25, -0.2) is 13.8 Å². The minimum atomic E-state index is -0.656. The SMILES string of the molecule is CNc1nccnc1-c1c(F)cccc1F. The first-order chi connectivity index (χ1) is 7.74. The monoisotopic (exact) mass is 221 g/mol. The summed E-state index contributed by atoms with van der Waals surface area (Å²) < 4.78 is 27.0. The van der Waals surface area contributed by atoms with Crippen LogP contribution in [0.5, 0.6) is 0 Å². The molecule has 0 radical (unpaired) electrons. The number of hydrogen-bond donors (Lipinski definition) is 1. The first kappa shape index (κ1) is 10.5. The normalized spacial score (nSPS) is 10.2. The molecule has 0 atom stereocenters. The van der Waals surface area contributed by atoms with Crippen molar-refractivity contribution >= 4 is 5.82 Å². The second-order valence-electron chi connectivity index (χ2n) is 3.10. The lowest BCUT2D eigenvalue weighted by Gasteiger charge is -2.08. The third-order valence-electron chi connectivity index (χ3n) is 2.13. The Hall–Kier alpha value is -2.04. The summed E-state index contributed by atoms with van der Waals surface area (Å²) in [6.45, 7) is 0. The predicted molar refractivity (Wildman–Crippen MR) is 56.9 cm³/mol. The maximum absolute atomic E-state index is 13.5. The van der Waals surface area contributed by atoms with E-state index in [0.717, 1.165) is 0 Å². The van der Waals surface area contributed by atoms with Crippen molar-refractivity contribution in [3.8, 4) is 11.3 Å². The molecule has 1 heterocycles. The van der Waals surface area contributed by atoms with Crippen molar-refractivity contribution in [3.63, 3.8) is 0 Å². The summed E-state index contributed by atoms with van der Waals surface area (Å²) in [4.78, 5) is 7.89. The van der Waals surface area contributed by atoms with Crippen LogP contribution in [0.15, 0.2) is 30.6 Å². The fourth-order valence-electron chi connectivity index (χ4n) is 1.43. The smallest absolute Gasteiger partial charge is 0.152 e. The molecule has 0 spiro atoms. The molecule has 5 heteroatoms. The van der Waals surface area contributed by atoms with Gasteiger partial charge >= 0.3 is 0 Å². The summed E-state index contributed by atoms with van der Waals surface area (Å²) in [5.41, 5.74) is 0.000509. The molecule has 0 saturated heterocycles. The number of aromatic nitrogens is 2. The Morgan fingerprint density at radius 1 is 1.06 bits per heavy atom. The highest BCUT2D eigenvalue weighted by Gasteiger charge is 2.15. The van der Waals surface area contributed by atoms with Crippen LogP contribution in [0.25, 0.3) is 11.3 Å². The van der Waals surface area contributed by atoms with Crippen molar-refractivity contribution in [2.45, 2.75) is 0 Å². The first-order valence-corrected chi connectivity index (χ1v) is 4.67. The van der Waals surface area contributed by atoms with Crippen molar-refractivity contribution in [1.29, 1.82) is 0 Å². The highest BCUT2D eigenvalue weighted by Crippen LogP contribution is 2.28. The van der Waals surface area contributed by atoms with Crippen LogP contribution in [-0.2, 0) is 0 Å². The third kappa shape index (κ3) is 1.71. The van der Waals surface area contributed by atoms with Gasteiger partial charge in [-0.1, -0.05) is 6.07 Å². The largest absolute Gasteiger partial charge is 0.371 e. The number of rotatable bonds is 2. The molecule has 0 aliphatic heterocycles. The van der Waals surface area contributed by atoms with Crippen LogP contribution in [0.1, 0.15) is 0 Å². The molecule has 0 amide bonds. The van der Waals surface area contributed by atoms with Gasteiger partial charge in [-0.2, -0.15) is 0 Å². The third-order valence-corrected chi connectivity index (χ3v) is 2.13. The van der Waals surface area contributed by atoms with E-state index in [-0.39, 0.29) is 11.3 Å². The maximum Gasteiger partial charge on any atom is 0.152 e. The van der Waals surface area contributed by atoms with E-state index >= 15 is 0 Å². The van der Waals surface area contributed by atoms with Gasteiger partial charge in [0.2, 0.25) is 0 Å². The number of anilines is 1. The van der Waals surface area contributed by atoms with Crippen molar-refractivity contribution in [1.82, 2.24) is 9.97 Å². The summed E-state index contributed by atoms with van der Waals surface area (Å²) in [6, 6.07) is 3.68. The molecule has 0 aliphatic rings. The van der Waals surface area contributed by atoms with Crippen molar-refractivity contribution in [2.75, 3.05) is 12.4 Å². The lowest BCUT2D eigenvalue weighted by atomic mass is 10.1. The topological polar surface area (TPSA) is 37.8 Å². The van der Waals surface area contributed by atoms with Crippen LogP contribution in [0.4, 0.5) is 14.6 Å². The van der Waals surface area contributed by atoms with Crippen LogP contribution in [-0.4, -0.2) is 17.0 Å². The molecule has 1 N–H and O–H groups in total. The first-order valence-electron chi connectivity index (χ1n) is 4.67. The van der Waals surface area contributed by atoms with Gasteiger partial charge in [0.05, 0.1) is 5.56 Å². The predicted octanol–water partition coefficient (Wildman–Crippen LogP) is 2.46. The van der Waals surface area contributed by atoms with Gasteiger partial charge in [-0.3, -0.25) is 4.98 Å². The minimum absolute atomic E-state index is 0.167. The van der Waals surface area contributed by atoms with E-state index in [1.54, 1.807) is 7.05 Å². The number of nitrogens with zero attached hydrogens (tertiary/aromatic N) is 2. The molecule has 1 aromatic carbocycles. The van der Waals surface area contributed by atoms with Gasteiger partial charge in [0.25, 0.3) is 0 Å². The molecule has 1 aromatic heterocycles. The fourth-order valence-corrected chi connectivity index (χ4v) is 1.43. The van der Waals surface area contributed by atoms with Crippen molar-refractivity contribution in [3.05, 3.63) is 42.2 Å². The van der Waals surface area contributed by atoms with Gasteiger partial charge in [-0.15, -0.1) is 0 Å². The summed E-state index contributed by atoms with van der Waals surface area (Å²) in [5, 5.41) is 2.74. The molecule has 16 heavy (non-hydrogen) atoms. The molecule has 82 valence electrons. The van der Waals surface area contributed by atoms with Gasteiger partial charge in [0, 0.05) is 19.4 Å². The van der Waals surface area contributed by atoms with E-state index in [4.69, 9.17) is 0 Å². The highest BCUT2D eigenvalue weighted by molar-refractivity contribution is 5.71. The Labute approximate surface area is 91.2 Å².